The predicted molar refractivity (Wildman–Crippen MR) is 85.6 cm³/mol. The number of hydrogen-bond acceptors (Lipinski definition) is 4. The Labute approximate surface area is 126 Å². The third-order valence-corrected chi connectivity index (χ3v) is 3.63. The normalized spacial score (nSPS) is 11.5. The van der Waals surface area contributed by atoms with Gasteiger partial charge in [0.2, 0.25) is 0 Å². The van der Waals surface area contributed by atoms with Crippen molar-refractivity contribution < 1.29 is 0 Å². The molecule has 0 aliphatic carbocycles. The topological polar surface area (TPSA) is 60.0 Å². The first kappa shape index (κ1) is 15.5. The number of benzene rings is 1. The van der Waals surface area contributed by atoms with Gasteiger partial charge in [-0.2, -0.15) is 5.10 Å². The molecule has 2 aromatic rings. The van der Waals surface area contributed by atoms with Gasteiger partial charge >= 0.3 is 0 Å². The van der Waals surface area contributed by atoms with Crippen molar-refractivity contribution in [1.29, 1.82) is 0 Å². The highest BCUT2D eigenvalue weighted by atomic mass is 15.3. The molecule has 0 aliphatic heterocycles. The number of nitrogen functional groups attached to an aromatic ring is 1. The van der Waals surface area contributed by atoms with E-state index in [2.05, 4.69) is 41.8 Å². The molecule has 0 atom stereocenters. The van der Waals surface area contributed by atoms with E-state index < -0.39 is 0 Å². The smallest absolute Gasteiger partial charge is 0.141 e. The van der Waals surface area contributed by atoms with Gasteiger partial charge in [-0.15, -0.1) is 0 Å². The number of nitrogens with two attached hydrogens (primary N) is 1. The Bertz CT molecular complexity index is 561. The lowest BCUT2D eigenvalue weighted by molar-refractivity contribution is 0.195. The largest absolute Gasteiger partial charge is 0.398 e. The maximum absolute atomic E-state index is 6.06. The molecule has 2 rings (SSSR count). The zero-order valence-corrected chi connectivity index (χ0v) is 13.2. The van der Waals surface area contributed by atoms with E-state index in [-0.39, 0.29) is 0 Å². The van der Waals surface area contributed by atoms with Crippen LogP contribution in [0.5, 0.6) is 0 Å². The second-order valence-electron chi connectivity index (χ2n) is 5.60. The van der Waals surface area contributed by atoms with Crippen LogP contribution in [0.4, 0.5) is 5.69 Å². The van der Waals surface area contributed by atoms with Crippen LogP contribution < -0.4 is 5.73 Å². The first-order chi connectivity index (χ1) is 10.1. The molecule has 2 N–H and O–H groups in total. The molecule has 0 radical (unpaired) electrons. The standard InChI is InChI=1S/C16H25N5/c1-4-9-21-16(18-12-19-21)11-20(13(2)3)10-14-7-5-6-8-15(14)17/h5-8,12-13H,4,9-11,17H2,1-3H3. The third kappa shape index (κ3) is 4.04. The molecular weight excluding hydrogens is 262 g/mol. The number of rotatable bonds is 7. The van der Waals surface area contributed by atoms with Crippen LogP contribution in [0.25, 0.3) is 0 Å². The van der Waals surface area contributed by atoms with Crippen molar-refractivity contribution >= 4 is 5.69 Å². The summed E-state index contributed by atoms with van der Waals surface area (Å²) < 4.78 is 1.99. The van der Waals surface area contributed by atoms with Crippen molar-refractivity contribution in [3.8, 4) is 0 Å². The average molecular weight is 287 g/mol. The van der Waals surface area contributed by atoms with Gasteiger partial charge in [0.05, 0.1) is 6.54 Å². The lowest BCUT2D eigenvalue weighted by Gasteiger charge is -2.26. The molecule has 0 saturated heterocycles. The van der Waals surface area contributed by atoms with Gasteiger partial charge in [0, 0.05) is 24.8 Å². The van der Waals surface area contributed by atoms with Crippen LogP contribution in [-0.4, -0.2) is 25.7 Å². The molecule has 0 aliphatic rings. The van der Waals surface area contributed by atoms with Crippen LogP contribution in [0.3, 0.4) is 0 Å². The maximum Gasteiger partial charge on any atom is 0.141 e. The quantitative estimate of drug-likeness (QED) is 0.795. The molecule has 1 heterocycles. The molecule has 0 spiro atoms. The summed E-state index contributed by atoms with van der Waals surface area (Å²) in [5.74, 6) is 1.01. The zero-order chi connectivity index (χ0) is 15.2. The lowest BCUT2D eigenvalue weighted by Crippen LogP contribution is -2.31. The summed E-state index contributed by atoms with van der Waals surface area (Å²) in [7, 11) is 0. The van der Waals surface area contributed by atoms with Gasteiger partial charge in [-0.05, 0) is 31.9 Å². The number of anilines is 1. The summed E-state index contributed by atoms with van der Waals surface area (Å²) in [5, 5.41) is 4.30. The summed E-state index contributed by atoms with van der Waals surface area (Å²) in [5.41, 5.74) is 8.07. The highest BCUT2D eigenvalue weighted by molar-refractivity contribution is 5.46. The van der Waals surface area contributed by atoms with Crippen LogP contribution in [0.1, 0.15) is 38.6 Å². The fourth-order valence-electron chi connectivity index (χ4n) is 2.31. The molecule has 0 saturated carbocycles. The van der Waals surface area contributed by atoms with Gasteiger partial charge in [0.1, 0.15) is 12.2 Å². The number of para-hydroxylation sites is 1. The van der Waals surface area contributed by atoms with Gasteiger partial charge in [-0.1, -0.05) is 25.1 Å². The van der Waals surface area contributed by atoms with E-state index >= 15 is 0 Å². The van der Waals surface area contributed by atoms with Crippen molar-refractivity contribution in [2.24, 2.45) is 0 Å². The Hall–Kier alpha value is -1.88. The van der Waals surface area contributed by atoms with Crippen molar-refractivity contribution in [2.75, 3.05) is 5.73 Å². The number of hydrogen-bond donors (Lipinski definition) is 1. The molecule has 1 aromatic heterocycles. The number of aryl methyl sites for hydroxylation is 1. The summed E-state index contributed by atoms with van der Waals surface area (Å²) >= 11 is 0. The molecule has 5 nitrogen and oxygen atoms in total. The Morgan fingerprint density at radius 2 is 2.00 bits per heavy atom. The van der Waals surface area contributed by atoms with E-state index in [0.29, 0.717) is 6.04 Å². The van der Waals surface area contributed by atoms with Crippen molar-refractivity contribution in [3.05, 3.63) is 42.0 Å². The highest BCUT2D eigenvalue weighted by Gasteiger charge is 2.15. The zero-order valence-electron chi connectivity index (χ0n) is 13.2. The van der Waals surface area contributed by atoms with Crippen LogP contribution in [0.2, 0.25) is 0 Å². The van der Waals surface area contributed by atoms with E-state index in [1.54, 1.807) is 6.33 Å². The van der Waals surface area contributed by atoms with E-state index in [4.69, 9.17) is 5.73 Å². The van der Waals surface area contributed by atoms with E-state index in [1.165, 1.54) is 0 Å². The average Bonchev–Trinajstić information content (AvgIpc) is 2.88. The van der Waals surface area contributed by atoms with Gasteiger partial charge < -0.3 is 5.73 Å². The van der Waals surface area contributed by atoms with E-state index in [0.717, 1.165) is 43.1 Å². The Kier molecular flexibility index (Phi) is 5.33. The molecule has 0 bridgehead atoms. The van der Waals surface area contributed by atoms with E-state index in [9.17, 15) is 0 Å². The first-order valence-electron chi connectivity index (χ1n) is 7.56. The third-order valence-electron chi connectivity index (χ3n) is 3.63. The summed E-state index contributed by atoms with van der Waals surface area (Å²) in [6.07, 6.45) is 2.70. The minimum atomic E-state index is 0.413. The molecule has 114 valence electrons. The molecule has 0 unspecified atom stereocenters. The van der Waals surface area contributed by atoms with Crippen LogP contribution in [-0.2, 0) is 19.6 Å². The van der Waals surface area contributed by atoms with Crippen molar-refractivity contribution in [2.45, 2.75) is 52.9 Å². The summed E-state index contributed by atoms with van der Waals surface area (Å²) in [6.45, 7) is 9.06. The predicted octanol–water partition coefficient (Wildman–Crippen LogP) is 2.68. The molecule has 1 aromatic carbocycles. The molecule has 21 heavy (non-hydrogen) atoms. The summed E-state index contributed by atoms with van der Waals surface area (Å²) in [4.78, 5) is 6.76. The first-order valence-corrected chi connectivity index (χ1v) is 7.56. The maximum atomic E-state index is 6.06. The second kappa shape index (κ2) is 7.22. The van der Waals surface area contributed by atoms with Crippen LogP contribution >= 0.6 is 0 Å². The molecule has 5 heteroatoms. The van der Waals surface area contributed by atoms with Crippen molar-refractivity contribution in [1.82, 2.24) is 19.7 Å². The Morgan fingerprint density at radius 3 is 2.67 bits per heavy atom. The number of nitrogens with zero attached hydrogens (tertiary/aromatic N) is 4. The number of aromatic nitrogens is 3. The van der Waals surface area contributed by atoms with Crippen LogP contribution in [0, 0.1) is 0 Å². The Morgan fingerprint density at radius 1 is 1.24 bits per heavy atom. The summed E-state index contributed by atoms with van der Waals surface area (Å²) in [6, 6.07) is 8.45. The fraction of sp³-hybridized carbons (Fsp3) is 0.500. The van der Waals surface area contributed by atoms with Gasteiger partial charge in [-0.3, -0.25) is 4.90 Å². The minimum Gasteiger partial charge on any atom is -0.398 e. The van der Waals surface area contributed by atoms with Gasteiger partial charge in [0.25, 0.3) is 0 Å². The molecular formula is C16H25N5. The monoisotopic (exact) mass is 287 g/mol. The molecule has 0 fully saturated rings. The van der Waals surface area contributed by atoms with E-state index in [1.807, 2.05) is 22.9 Å². The van der Waals surface area contributed by atoms with Crippen molar-refractivity contribution in [3.63, 3.8) is 0 Å². The SMILES string of the molecule is CCCn1ncnc1CN(Cc1ccccc1N)C(C)C. The van der Waals surface area contributed by atoms with Crippen LogP contribution in [0.15, 0.2) is 30.6 Å². The molecule has 0 amide bonds. The van der Waals surface area contributed by atoms with Gasteiger partial charge in [-0.25, -0.2) is 9.67 Å². The lowest BCUT2D eigenvalue weighted by atomic mass is 10.1. The van der Waals surface area contributed by atoms with Gasteiger partial charge in [0.15, 0.2) is 0 Å². The second-order valence-corrected chi connectivity index (χ2v) is 5.60. The minimum absolute atomic E-state index is 0.413. The fourth-order valence-corrected chi connectivity index (χ4v) is 2.31. The Balaban J connectivity index is 2.12. The highest BCUT2D eigenvalue weighted by Crippen LogP contribution is 2.17.